The van der Waals surface area contributed by atoms with Crippen molar-refractivity contribution < 1.29 is 23.1 Å². The number of thiazole rings is 1. The van der Waals surface area contributed by atoms with E-state index in [9.17, 15) is 18.4 Å². The summed E-state index contributed by atoms with van der Waals surface area (Å²) < 4.78 is 34.2. The molecule has 0 fully saturated rings. The molecular formula is C23H17F2N3O3S2. The van der Waals surface area contributed by atoms with Crippen LogP contribution >= 0.6 is 22.7 Å². The zero-order chi connectivity index (χ0) is 23.1. The van der Waals surface area contributed by atoms with E-state index in [0.717, 1.165) is 38.4 Å². The third-order valence-corrected chi connectivity index (χ3v) is 7.60. The van der Waals surface area contributed by atoms with Crippen molar-refractivity contribution in [3.63, 3.8) is 0 Å². The molecule has 33 heavy (non-hydrogen) atoms. The Morgan fingerprint density at radius 3 is 2.58 bits per heavy atom. The summed E-state index contributed by atoms with van der Waals surface area (Å²) in [6.45, 7) is 0.762. The van der Waals surface area contributed by atoms with Gasteiger partial charge in [0.1, 0.15) is 27.2 Å². The molecule has 0 atom stereocenters. The number of aromatic nitrogens is 1. The van der Waals surface area contributed by atoms with Crippen LogP contribution in [0.25, 0.3) is 20.8 Å². The van der Waals surface area contributed by atoms with E-state index >= 15 is 0 Å². The van der Waals surface area contributed by atoms with Gasteiger partial charge in [0.05, 0.1) is 23.9 Å². The van der Waals surface area contributed by atoms with Gasteiger partial charge in [0.25, 0.3) is 5.91 Å². The Kier molecular flexibility index (Phi) is 5.55. The second-order valence-corrected chi connectivity index (χ2v) is 9.52. The second kappa shape index (κ2) is 8.53. The monoisotopic (exact) mass is 485 g/mol. The zero-order valence-electron chi connectivity index (χ0n) is 17.4. The average molecular weight is 486 g/mol. The Morgan fingerprint density at radius 2 is 1.85 bits per heavy atom. The number of methoxy groups -OCH3 is 1. The predicted octanol–water partition coefficient (Wildman–Crippen LogP) is 5.68. The Hall–Kier alpha value is -3.37. The number of benzene rings is 2. The van der Waals surface area contributed by atoms with Crippen LogP contribution in [0.1, 0.15) is 20.8 Å². The van der Waals surface area contributed by atoms with Crippen LogP contribution in [0.15, 0.2) is 42.5 Å². The molecule has 0 saturated heterocycles. The number of carbonyl (C=O) groups excluding carboxylic acids is 2. The summed E-state index contributed by atoms with van der Waals surface area (Å²) in [6.07, 6.45) is 0.102. The summed E-state index contributed by atoms with van der Waals surface area (Å²) >= 11 is 2.75. The van der Waals surface area contributed by atoms with E-state index in [4.69, 9.17) is 9.72 Å². The lowest BCUT2D eigenvalue weighted by atomic mass is 10.0. The number of halogens is 2. The number of hydrogen-bond donors (Lipinski definition) is 1. The highest BCUT2D eigenvalue weighted by Crippen LogP contribution is 2.46. The Morgan fingerprint density at radius 1 is 1.09 bits per heavy atom. The Balaban J connectivity index is 1.60. The highest BCUT2D eigenvalue weighted by Gasteiger charge is 2.30. The van der Waals surface area contributed by atoms with Crippen molar-refractivity contribution in [3.05, 3.63) is 70.1 Å². The first-order chi connectivity index (χ1) is 16.0. The summed E-state index contributed by atoms with van der Waals surface area (Å²) in [7, 11) is 1.33. The third-order valence-electron chi connectivity index (χ3n) is 5.41. The minimum atomic E-state index is -0.938. The number of nitrogens with zero attached hydrogens (tertiary/aromatic N) is 2. The van der Waals surface area contributed by atoms with Crippen molar-refractivity contribution >= 4 is 49.9 Å². The molecule has 0 bridgehead atoms. The largest absolute Gasteiger partial charge is 0.453 e. The van der Waals surface area contributed by atoms with Crippen molar-refractivity contribution in [2.75, 3.05) is 19.0 Å². The zero-order valence-corrected chi connectivity index (χ0v) is 19.0. The van der Waals surface area contributed by atoms with Crippen LogP contribution < -0.4 is 5.32 Å². The number of carbonyl (C=O) groups is 2. The maximum atomic E-state index is 14.2. The molecule has 5 rings (SSSR count). The van der Waals surface area contributed by atoms with Gasteiger partial charge in [0.15, 0.2) is 0 Å². The van der Waals surface area contributed by atoms with Gasteiger partial charge in [-0.25, -0.2) is 18.6 Å². The molecule has 1 aliphatic heterocycles. The lowest BCUT2D eigenvalue weighted by Gasteiger charge is -2.25. The number of hydrogen-bond acceptors (Lipinski definition) is 6. The summed E-state index contributed by atoms with van der Waals surface area (Å²) in [4.78, 5) is 32.1. The van der Waals surface area contributed by atoms with Crippen LogP contribution in [0.4, 0.5) is 18.6 Å². The van der Waals surface area contributed by atoms with Crippen LogP contribution in [0, 0.1) is 11.6 Å². The van der Waals surface area contributed by atoms with E-state index in [1.807, 2.05) is 24.3 Å². The lowest BCUT2D eigenvalue weighted by Crippen LogP contribution is -2.35. The van der Waals surface area contributed by atoms with Crippen molar-refractivity contribution in [3.8, 4) is 10.6 Å². The lowest BCUT2D eigenvalue weighted by molar-refractivity contribution is 0.101. The molecule has 0 spiro atoms. The fourth-order valence-electron chi connectivity index (χ4n) is 3.86. The van der Waals surface area contributed by atoms with Gasteiger partial charge in [-0.3, -0.25) is 4.79 Å². The highest BCUT2D eigenvalue weighted by atomic mass is 32.1. The minimum absolute atomic E-state index is 0.314. The first kappa shape index (κ1) is 21.5. The molecule has 2 aromatic heterocycles. The number of anilines is 1. The van der Waals surface area contributed by atoms with Crippen LogP contribution in [0.3, 0.4) is 0 Å². The van der Waals surface area contributed by atoms with Crippen LogP contribution in [-0.4, -0.2) is 35.5 Å². The predicted molar refractivity (Wildman–Crippen MR) is 124 cm³/mol. The van der Waals surface area contributed by atoms with Crippen molar-refractivity contribution in [1.82, 2.24) is 9.88 Å². The van der Waals surface area contributed by atoms with Crippen molar-refractivity contribution in [2.24, 2.45) is 0 Å². The van der Waals surface area contributed by atoms with E-state index in [0.29, 0.717) is 29.5 Å². The number of nitrogens with one attached hydrogen (secondary N) is 1. The van der Waals surface area contributed by atoms with Gasteiger partial charge in [-0.2, -0.15) is 0 Å². The number of thiophene rings is 1. The van der Waals surface area contributed by atoms with Crippen LogP contribution in [-0.2, 0) is 17.7 Å². The molecule has 1 aliphatic rings. The second-order valence-electron chi connectivity index (χ2n) is 7.39. The minimum Gasteiger partial charge on any atom is -0.453 e. The van der Waals surface area contributed by atoms with Gasteiger partial charge in [-0.05, 0) is 36.2 Å². The molecule has 168 valence electrons. The fourth-order valence-corrected chi connectivity index (χ4v) is 6.23. The summed E-state index contributed by atoms with van der Waals surface area (Å²) in [6, 6.07) is 11.0. The standard InChI is InChI=1S/C23H17F2N3O3S2/c1-31-23(30)28-10-9-12-17(11-28)33-22(27-20(29)19-13(24)5-4-6-14(19)25)18(12)21-26-15-7-2-3-8-16(15)32-21/h2-8H,9-11H2,1H3,(H,27,29). The summed E-state index contributed by atoms with van der Waals surface area (Å²) in [5.41, 5.74) is 1.87. The van der Waals surface area contributed by atoms with Crippen LogP contribution in [0.5, 0.6) is 0 Å². The molecule has 0 radical (unpaired) electrons. The number of fused-ring (bicyclic) bond motifs is 2. The third kappa shape index (κ3) is 3.85. The van der Waals surface area contributed by atoms with Gasteiger partial charge in [0.2, 0.25) is 0 Å². The van der Waals surface area contributed by atoms with Crippen molar-refractivity contribution in [1.29, 1.82) is 0 Å². The maximum absolute atomic E-state index is 14.2. The normalized spacial score (nSPS) is 13.1. The molecule has 2 amide bonds. The van der Waals surface area contributed by atoms with Crippen molar-refractivity contribution in [2.45, 2.75) is 13.0 Å². The van der Waals surface area contributed by atoms with E-state index in [1.54, 1.807) is 4.90 Å². The van der Waals surface area contributed by atoms with Gasteiger partial charge in [-0.1, -0.05) is 18.2 Å². The molecule has 4 aromatic rings. The molecular weight excluding hydrogens is 468 g/mol. The number of ether oxygens (including phenoxy) is 1. The van der Waals surface area contributed by atoms with E-state index in [-0.39, 0.29) is 0 Å². The topological polar surface area (TPSA) is 71.5 Å². The quantitative estimate of drug-likeness (QED) is 0.405. The highest BCUT2D eigenvalue weighted by molar-refractivity contribution is 7.23. The molecule has 0 aliphatic carbocycles. The first-order valence-electron chi connectivity index (χ1n) is 10.0. The Labute approximate surface area is 195 Å². The molecule has 2 aromatic carbocycles. The van der Waals surface area contributed by atoms with Gasteiger partial charge < -0.3 is 15.0 Å². The molecule has 3 heterocycles. The van der Waals surface area contributed by atoms with Crippen LogP contribution in [0.2, 0.25) is 0 Å². The molecule has 0 unspecified atom stereocenters. The van der Waals surface area contributed by atoms with E-state index < -0.39 is 29.2 Å². The van der Waals surface area contributed by atoms with Gasteiger partial charge >= 0.3 is 6.09 Å². The summed E-state index contributed by atoms with van der Waals surface area (Å²) in [5.74, 6) is -2.75. The van der Waals surface area contributed by atoms with E-state index in [1.165, 1.54) is 35.8 Å². The average Bonchev–Trinajstić information content (AvgIpc) is 3.38. The van der Waals surface area contributed by atoms with Gasteiger partial charge in [0, 0.05) is 17.0 Å². The molecule has 1 N–H and O–H groups in total. The number of rotatable bonds is 3. The Bertz CT molecular complexity index is 1350. The molecule has 6 nitrogen and oxygen atoms in total. The van der Waals surface area contributed by atoms with Gasteiger partial charge in [-0.15, -0.1) is 22.7 Å². The van der Waals surface area contributed by atoms with E-state index in [2.05, 4.69) is 5.32 Å². The smallest absolute Gasteiger partial charge is 0.409 e. The fraction of sp³-hybridized carbons (Fsp3) is 0.174. The first-order valence-corrected chi connectivity index (χ1v) is 11.7. The maximum Gasteiger partial charge on any atom is 0.409 e. The summed E-state index contributed by atoms with van der Waals surface area (Å²) in [5, 5.41) is 3.84. The SMILES string of the molecule is COC(=O)N1CCc2c(sc(NC(=O)c3c(F)cccc3F)c2-c2nc3ccccc3s2)C1. The number of para-hydroxylation sites is 1. The molecule has 10 heteroatoms. The number of amides is 2. The molecule has 0 saturated carbocycles.